The number of benzene rings is 2. The first kappa shape index (κ1) is 14.7. The first-order chi connectivity index (χ1) is 10.2. The van der Waals surface area contributed by atoms with E-state index in [9.17, 15) is 4.39 Å². The van der Waals surface area contributed by atoms with Crippen LogP contribution in [0.3, 0.4) is 0 Å². The number of hydrogen-bond donors (Lipinski definition) is 2. The van der Waals surface area contributed by atoms with Crippen LogP contribution in [0.5, 0.6) is 0 Å². The third kappa shape index (κ3) is 2.87. The molecule has 0 bridgehead atoms. The Labute approximate surface area is 134 Å². The molecular weight excluding hydrogens is 351 g/mol. The zero-order chi connectivity index (χ0) is 14.8. The fraction of sp³-hybridized carbons (Fsp3) is 0.125. The van der Waals surface area contributed by atoms with Crippen molar-refractivity contribution in [2.45, 2.75) is 12.5 Å². The molecule has 0 aliphatic carbocycles. The van der Waals surface area contributed by atoms with Crippen molar-refractivity contribution in [3.63, 3.8) is 0 Å². The summed E-state index contributed by atoms with van der Waals surface area (Å²) < 4.78 is 16.1. The Morgan fingerprint density at radius 3 is 2.76 bits per heavy atom. The summed E-state index contributed by atoms with van der Waals surface area (Å²) in [5, 5.41) is 3.32. The molecule has 0 amide bonds. The summed E-state index contributed by atoms with van der Waals surface area (Å²) in [6.07, 6.45) is 0.639. The summed E-state index contributed by atoms with van der Waals surface area (Å²) in [5.74, 6) is 5.41. The van der Waals surface area contributed by atoms with Crippen LogP contribution in [-0.4, -0.2) is 0 Å². The zero-order valence-corrected chi connectivity index (χ0v) is 13.5. The first-order valence-electron chi connectivity index (χ1n) is 6.56. The fourth-order valence-electron chi connectivity index (χ4n) is 2.50. The molecule has 21 heavy (non-hydrogen) atoms. The van der Waals surface area contributed by atoms with E-state index in [2.05, 4.69) is 38.9 Å². The third-order valence-corrected chi connectivity index (χ3v) is 5.24. The first-order valence-corrected chi connectivity index (χ1v) is 8.23. The highest BCUT2D eigenvalue weighted by atomic mass is 79.9. The van der Waals surface area contributed by atoms with E-state index in [4.69, 9.17) is 5.84 Å². The van der Waals surface area contributed by atoms with E-state index in [1.165, 1.54) is 21.7 Å². The van der Waals surface area contributed by atoms with Gasteiger partial charge in [0.25, 0.3) is 0 Å². The SMILES string of the molecule is NNC(Cc1csc2ccccc12)c1c(F)cccc1Br. The summed E-state index contributed by atoms with van der Waals surface area (Å²) >= 11 is 5.11. The summed E-state index contributed by atoms with van der Waals surface area (Å²) in [7, 11) is 0. The van der Waals surface area contributed by atoms with E-state index in [0.717, 1.165) is 4.47 Å². The Morgan fingerprint density at radius 2 is 2.00 bits per heavy atom. The van der Waals surface area contributed by atoms with Crippen LogP contribution in [-0.2, 0) is 6.42 Å². The molecule has 0 aliphatic rings. The van der Waals surface area contributed by atoms with Crippen molar-refractivity contribution < 1.29 is 4.39 Å². The maximum atomic E-state index is 14.1. The molecule has 5 heteroatoms. The van der Waals surface area contributed by atoms with Gasteiger partial charge in [-0.25, -0.2) is 4.39 Å². The van der Waals surface area contributed by atoms with Crippen molar-refractivity contribution >= 4 is 37.4 Å². The van der Waals surface area contributed by atoms with Gasteiger partial charge in [0, 0.05) is 14.7 Å². The predicted molar refractivity (Wildman–Crippen MR) is 89.7 cm³/mol. The minimum absolute atomic E-state index is 0.258. The van der Waals surface area contributed by atoms with Crippen LogP contribution in [0.2, 0.25) is 0 Å². The van der Waals surface area contributed by atoms with Crippen molar-refractivity contribution in [3.05, 3.63) is 69.3 Å². The van der Waals surface area contributed by atoms with Gasteiger partial charge in [0.15, 0.2) is 0 Å². The Kier molecular flexibility index (Phi) is 4.35. The van der Waals surface area contributed by atoms with E-state index in [-0.39, 0.29) is 11.9 Å². The van der Waals surface area contributed by atoms with Gasteiger partial charge < -0.3 is 0 Å². The smallest absolute Gasteiger partial charge is 0.129 e. The molecule has 3 aromatic rings. The minimum atomic E-state index is -0.279. The van der Waals surface area contributed by atoms with E-state index in [0.29, 0.717) is 12.0 Å². The molecule has 0 radical (unpaired) electrons. The topological polar surface area (TPSA) is 38.0 Å². The van der Waals surface area contributed by atoms with E-state index in [1.54, 1.807) is 17.4 Å². The highest BCUT2D eigenvalue weighted by molar-refractivity contribution is 9.10. The van der Waals surface area contributed by atoms with Gasteiger partial charge in [0.05, 0.1) is 6.04 Å². The van der Waals surface area contributed by atoms with Gasteiger partial charge in [-0.05, 0) is 40.9 Å². The number of hydrazine groups is 1. The van der Waals surface area contributed by atoms with Crippen LogP contribution < -0.4 is 11.3 Å². The second-order valence-corrected chi connectivity index (χ2v) is 6.58. The summed E-state index contributed by atoms with van der Waals surface area (Å²) in [6, 6.07) is 12.9. The van der Waals surface area contributed by atoms with E-state index >= 15 is 0 Å². The normalized spacial score (nSPS) is 12.7. The van der Waals surface area contributed by atoms with Crippen molar-refractivity contribution in [1.82, 2.24) is 5.43 Å². The number of thiophene rings is 1. The molecule has 0 spiro atoms. The predicted octanol–water partition coefficient (Wildman–Crippen LogP) is 4.55. The number of hydrogen-bond acceptors (Lipinski definition) is 3. The Morgan fingerprint density at radius 1 is 1.19 bits per heavy atom. The Bertz CT molecular complexity index is 752. The lowest BCUT2D eigenvalue weighted by atomic mass is 9.98. The van der Waals surface area contributed by atoms with Crippen LogP contribution in [0.15, 0.2) is 52.3 Å². The molecule has 0 fully saturated rings. The van der Waals surface area contributed by atoms with E-state index < -0.39 is 0 Å². The standard InChI is InChI=1S/C16H14BrFN2S/c17-12-5-3-6-13(18)16(12)14(20-19)8-10-9-21-15-7-2-1-4-11(10)15/h1-7,9,14,20H,8,19H2. The lowest BCUT2D eigenvalue weighted by molar-refractivity contribution is 0.509. The lowest BCUT2D eigenvalue weighted by Crippen LogP contribution is -2.30. The van der Waals surface area contributed by atoms with Crippen LogP contribution in [0.4, 0.5) is 4.39 Å². The van der Waals surface area contributed by atoms with Crippen molar-refractivity contribution in [2.24, 2.45) is 5.84 Å². The van der Waals surface area contributed by atoms with Gasteiger partial charge in [-0.3, -0.25) is 11.3 Å². The van der Waals surface area contributed by atoms with Crippen molar-refractivity contribution in [3.8, 4) is 0 Å². The molecular formula is C16H14BrFN2S. The van der Waals surface area contributed by atoms with Crippen molar-refractivity contribution in [1.29, 1.82) is 0 Å². The highest BCUT2D eigenvalue weighted by Gasteiger charge is 2.19. The molecule has 2 nitrogen and oxygen atoms in total. The van der Waals surface area contributed by atoms with Crippen LogP contribution in [0.1, 0.15) is 17.2 Å². The molecule has 0 saturated carbocycles. The van der Waals surface area contributed by atoms with Crippen LogP contribution >= 0.6 is 27.3 Å². The monoisotopic (exact) mass is 364 g/mol. The fourth-order valence-corrected chi connectivity index (χ4v) is 4.09. The number of nitrogens with one attached hydrogen (secondary N) is 1. The average Bonchev–Trinajstić information content (AvgIpc) is 2.89. The van der Waals surface area contributed by atoms with Crippen LogP contribution in [0, 0.1) is 5.82 Å². The molecule has 0 saturated heterocycles. The average molecular weight is 365 g/mol. The lowest BCUT2D eigenvalue weighted by Gasteiger charge is -2.18. The largest absolute Gasteiger partial charge is 0.271 e. The van der Waals surface area contributed by atoms with Gasteiger partial charge in [-0.15, -0.1) is 11.3 Å². The Balaban J connectivity index is 1.98. The van der Waals surface area contributed by atoms with Gasteiger partial charge in [0.1, 0.15) is 5.82 Å². The molecule has 1 unspecified atom stereocenters. The van der Waals surface area contributed by atoms with Crippen molar-refractivity contribution in [2.75, 3.05) is 0 Å². The molecule has 108 valence electrons. The van der Waals surface area contributed by atoms with Crippen LogP contribution in [0.25, 0.3) is 10.1 Å². The highest BCUT2D eigenvalue weighted by Crippen LogP contribution is 2.32. The molecule has 3 rings (SSSR count). The Hall–Kier alpha value is -1.27. The van der Waals surface area contributed by atoms with E-state index in [1.807, 2.05) is 18.2 Å². The van der Waals surface area contributed by atoms with Gasteiger partial charge in [0.2, 0.25) is 0 Å². The summed E-state index contributed by atoms with van der Waals surface area (Å²) in [6.45, 7) is 0. The maximum Gasteiger partial charge on any atom is 0.129 e. The summed E-state index contributed by atoms with van der Waals surface area (Å²) in [5.41, 5.74) is 4.48. The molecule has 3 N–H and O–H groups in total. The second kappa shape index (κ2) is 6.23. The minimum Gasteiger partial charge on any atom is -0.271 e. The zero-order valence-electron chi connectivity index (χ0n) is 11.1. The molecule has 1 aromatic heterocycles. The number of rotatable bonds is 4. The second-order valence-electron chi connectivity index (χ2n) is 4.82. The maximum absolute atomic E-state index is 14.1. The molecule has 1 atom stereocenters. The summed E-state index contributed by atoms with van der Waals surface area (Å²) in [4.78, 5) is 0. The van der Waals surface area contributed by atoms with Gasteiger partial charge >= 0.3 is 0 Å². The molecule has 0 aliphatic heterocycles. The number of halogens is 2. The number of nitrogens with two attached hydrogens (primary N) is 1. The molecule has 2 aromatic carbocycles. The molecule has 1 heterocycles. The number of fused-ring (bicyclic) bond motifs is 1. The third-order valence-electron chi connectivity index (χ3n) is 3.53. The van der Waals surface area contributed by atoms with Gasteiger partial charge in [-0.2, -0.15) is 0 Å². The van der Waals surface area contributed by atoms with Gasteiger partial charge in [-0.1, -0.05) is 40.2 Å². The quantitative estimate of drug-likeness (QED) is 0.526.